The lowest BCUT2D eigenvalue weighted by Gasteiger charge is -2.38. The van der Waals surface area contributed by atoms with Gasteiger partial charge < -0.3 is 5.32 Å². The van der Waals surface area contributed by atoms with E-state index >= 15 is 0 Å². The molecule has 1 N–H and O–H groups in total. The first-order valence-corrected chi connectivity index (χ1v) is 10.7. The van der Waals surface area contributed by atoms with Crippen molar-refractivity contribution in [3.05, 3.63) is 70.2 Å². The van der Waals surface area contributed by atoms with Gasteiger partial charge >= 0.3 is 6.18 Å². The van der Waals surface area contributed by atoms with E-state index in [2.05, 4.69) is 10.2 Å². The first-order chi connectivity index (χ1) is 14.4. The van der Waals surface area contributed by atoms with E-state index in [-0.39, 0.29) is 30.1 Å². The van der Waals surface area contributed by atoms with Gasteiger partial charge in [-0.2, -0.15) is 13.2 Å². The van der Waals surface area contributed by atoms with Gasteiger partial charge in [-0.15, -0.1) is 12.4 Å². The number of halogens is 5. The number of amides is 1. The van der Waals surface area contributed by atoms with Crippen LogP contribution in [0.1, 0.15) is 59.6 Å². The number of fused-ring (bicyclic) bond motifs is 1. The molecule has 2 heterocycles. The Morgan fingerprint density at radius 2 is 1.77 bits per heavy atom. The zero-order valence-corrected chi connectivity index (χ0v) is 18.4. The zero-order valence-electron chi connectivity index (χ0n) is 16.9. The third kappa shape index (κ3) is 5.02. The molecule has 0 aliphatic carbocycles. The fourth-order valence-electron chi connectivity index (χ4n) is 4.86. The van der Waals surface area contributed by atoms with Gasteiger partial charge in [0.25, 0.3) is 5.91 Å². The molecule has 4 rings (SSSR count). The first-order valence-electron chi connectivity index (χ1n) is 10.3. The molecular weight excluding hydrogens is 448 g/mol. The number of hydrogen-bond acceptors (Lipinski definition) is 2. The van der Waals surface area contributed by atoms with E-state index in [1.165, 1.54) is 18.6 Å². The second-order valence-corrected chi connectivity index (χ2v) is 8.44. The van der Waals surface area contributed by atoms with E-state index in [0.717, 1.165) is 43.9 Å². The molecule has 2 aliphatic rings. The summed E-state index contributed by atoms with van der Waals surface area (Å²) in [4.78, 5) is 15.5. The Hall–Kier alpha value is -1.76. The number of piperidine rings is 1. The Kier molecular flexibility index (Phi) is 7.55. The van der Waals surface area contributed by atoms with Gasteiger partial charge in [0.15, 0.2) is 0 Å². The van der Waals surface area contributed by atoms with Crippen LogP contribution in [-0.4, -0.2) is 29.4 Å². The van der Waals surface area contributed by atoms with Crippen LogP contribution in [0.4, 0.5) is 13.2 Å². The minimum Gasteiger partial charge on any atom is -0.344 e. The largest absolute Gasteiger partial charge is 0.417 e. The van der Waals surface area contributed by atoms with Crippen LogP contribution in [0.3, 0.4) is 0 Å². The van der Waals surface area contributed by atoms with E-state index < -0.39 is 22.7 Å². The second-order valence-electron chi connectivity index (χ2n) is 8.06. The average molecular weight is 473 g/mol. The van der Waals surface area contributed by atoms with Crippen molar-refractivity contribution in [2.75, 3.05) is 6.54 Å². The number of benzene rings is 2. The molecule has 2 saturated heterocycles. The molecule has 2 aromatic rings. The lowest BCUT2D eigenvalue weighted by Crippen LogP contribution is -2.47. The molecule has 0 radical (unpaired) electrons. The second kappa shape index (κ2) is 9.80. The van der Waals surface area contributed by atoms with Crippen LogP contribution >= 0.6 is 24.0 Å². The Morgan fingerprint density at radius 1 is 1.03 bits per heavy atom. The molecule has 0 bridgehead atoms. The monoisotopic (exact) mass is 472 g/mol. The van der Waals surface area contributed by atoms with E-state index in [1.54, 1.807) is 0 Å². The maximum Gasteiger partial charge on any atom is 0.417 e. The quantitative estimate of drug-likeness (QED) is 0.568. The van der Waals surface area contributed by atoms with E-state index in [0.29, 0.717) is 6.04 Å². The number of hydrogen-bond donors (Lipinski definition) is 1. The highest BCUT2D eigenvalue weighted by atomic mass is 35.5. The number of carbonyl (C=O) groups is 1. The molecule has 0 unspecified atom stereocenters. The summed E-state index contributed by atoms with van der Waals surface area (Å²) in [6.07, 6.45) is 0.914. The van der Waals surface area contributed by atoms with Gasteiger partial charge in [-0.1, -0.05) is 54.4 Å². The maximum atomic E-state index is 13.2. The number of nitrogens with zero attached hydrogens (tertiary/aromatic N) is 1. The summed E-state index contributed by atoms with van der Waals surface area (Å²) in [5, 5.41) is 2.45. The highest BCUT2D eigenvalue weighted by Gasteiger charge is 2.41. The first kappa shape index (κ1) is 23.9. The van der Waals surface area contributed by atoms with Gasteiger partial charge in [0, 0.05) is 12.1 Å². The van der Waals surface area contributed by atoms with Crippen molar-refractivity contribution < 1.29 is 18.0 Å². The molecule has 8 heteroatoms. The van der Waals surface area contributed by atoms with Gasteiger partial charge in [-0.05, 0) is 49.9 Å². The Balaban J connectivity index is 0.00000272. The zero-order chi connectivity index (χ0) is 21.3. The highest BCUT2D eigenvalue weighted by molar-refractivity contribution is 6.34. The summed E-state index contributed by atoms with van der Waals surface area (Å²) in [5.41, 5.74) is -0.198. The summed E-state index contributed by atoms with van der Waals surface area (Å²) < 4.78 is 39.7. The van der Waals surface area contributed by atoms with Gasteiger partial charge in [-0.25, -0.2) is 0 Å². The number of carbonyl (C=O) groups excluding carboxylic acids is 1. The molecule has 0 aromatic heterocycles. The average Bonchev–Trinajstić information content (AvgIpc) is 3.15. The van der Waals surface area contributed by atoms with Crippen molar-refractivity contribution in [1.82, 2.24) is 10.2 Å². The predicted octanol–water partition coefficient (Wildman–Crippen LogP) is 6.27. The van der Waals surface area contributed by atoms with Gasteiger partial charge in [-0.3, -0.25) is 9.69 Å². The molecule has 31 heavy (non-hydrogen) atoms. The number of rotatable bonds is 4. The van der Waals surface area contributed by atoms with Gasteiger partial charge in [0.1, 0.15) is 0 Å². The van der Waals surface area contributed by atoms with Crippen LogP contribution in [0.2, 0.25) is 5.02 Å². The van der Waals surface area contributed by atoms with Crippen LogP contribution in [-0.2, 0) is 6.18 Å². The van der Waals surface area contributed by atoms with Gasteiger partial charge in [0.2, 0.25) is 0 Å². The number of alkyl halides is 3. The van der Waals surface area contributed by atoms with Crippen molar-refractivity contribution in [3.8, 4) is 0 Å². The lowest BCUT2D eigenvalue weighted by molar-refractivity contribution is -0.137. The summed E-state index contributed by atoms with van der Waals surface area (Å²) in [5.74, 6) is -0.583. The van der Waals surface area contributed by atoms with Crippen LogP contribution in [0.15, 0.2) is 48.5 Å². The smallest absolute Gasteiger partial charge is 0.344 e. The van der Waals surface area contributed by atoms with E-state index in [9.17, 15) is 18.0 Å². The molecular formula is C23H25Cl2F3N2O. The van der Waals surface area contributed by atoms with Crippen molar-refractivity contribution in [2.24, 2.45) is 0 Å². The highest BCUT2D eigenvalue weighted by Crippen LogP contribution is 2.39. The van der Waals surface area contributed by atoms with Crippen molar-refractivity contribution in [1.29, 1.82) is 0 Å². The summed E-state index contributed by atoms with van der Waals surface area (Å²) >= 11 is 6.00. The Morgan fingerprint density at radius 3 is 2.48 bits per heavy atom. The topological polar surface area (TPSA) is 32.3 Å². The molecule has 0 spiro atoms. The summed E-state index contributed by atoms with van der Waals surface area (Å²) in [7, 11) is 0. The Labute approximate surface area is 191 Å². The molecule has 3 atom stereocenters. The lowest BCUT2D eigenvalue weighted by atomic mass is 9.96. The van der Waals surface area contributed by atoms with Gasteiger partial charge in [0.05, 0.1) is 22.2 Å². The molecule has 0 saturated carbocycles. The van der Waals surface area contributed by atoms with Crippen LogP contribution in [0.5, 0.6) is 0 Å². The fraction of sp³-hybridized carbons (Fsp3) is 0.435. The van der Waals surface area contributed by atoms with Crippen LogP contribution in [0.25, 0.3) is 0 Å². The SMILES string of the molecule is Cl.O=C(N[C@H](c1ccccc1)[C@H]1CC[C@@H]2CCCCN21)c1cccc(C(F)(F)F)c1Cl. The third-order valence-electron chi connectivity index (χ3n) is 6.27. The minimum absolute atomic E-state index is 0. The minimum atomic E-state index is -4.61. The molecule has 1 amide bonds. The summed E-state index contributed by atoms with van der Waals surface area (Å²) in [6, 6.07) is 13.4. The van der Waals surface area contributed by atoms with Crippen molar-refractivity contribution >= 4 is 29.9 Å². The van der Waals surface area contributed by atoms with Crippen LogP contribution in [0, 0.1) is 0 Å². The molecule has 168 valence electrons. The number of nitrogens with one attached hydrogen (secondary N) is 1. The maximum absolute atomic E-state index is 13.2. The van der Waals surface area contributed by atoms with Crippen LogP contribution < -0.4 is 5.32 Å². The van der Waals surface area contributed by atoms with Crippen molar-refractivity contribution in [3.63, 3.8) is 0 Å². The summed E-state index contributed by atoms with van der Waals surface area (Å²) in [6.45, 7) is 0.985. The fourth-order valence-corrected chi connectivity index (χ4v) is 5.18. The third-order valence-corrected chi connectivity index (χ3v) is 6.68. The molecule has 2 aromatic carbocycles. The molecule has 2 fully saturated rings. The standard InChI is InChI=1S/C23H24ClF3N2O.ClH/c24-20-17(10-6-11-18(20)23(25,26)27)22(30)28-21(15-7-2-1-3-8-15)19-13-12-16-9-4-5-14-29(16)19;/h1-3,6-8,10-11,16,19,21H,4-5,9,12-14H2,(H,28,30);1H/t16-,19+,21+;/m0./s1. The van der Waals surface area contributed by atoms with Crippen molar-refractivity contribution in [2.45, 2.75) is 56.4 Å². The predicted molar refractivity (Wildman–Crippen MR) is 118 cm³/mol. The molecule has 3 nitrogen and oxygen atoms in total. The molecule has 2 aliphatic heterocycles. The van der Waals surface area contributed by atoms with E-state index in [1.807, 2.05) is 30.3 Å². The van der Waals surface area contributed by atoms with E-state index in [4.69, 9.17) is 11.6 Å². The Bertz CT molecular complexity index is 907. The normalized spacial score (nSPS) is 22.3.